The molecule has 0 amide bonds. The first-order valence-corrected chi connectivity index (χ1v) is 2.66. The highest BCUT2D eigenvalue weighted by atomic mass is 16.3. The van der Waals surface area contributed by atoms with Crippen LogP contribution in [-0.2, 0) is 6.54 Å². The van der Waals surface area contributed by atoms with Crippen molar-refractivity contribution in [2.45, 2.75) is 6.54 Å². The maximum Gasteiger partial charge on any atom is 0.134 e. The van der Waals surface area contributed by atoms with Crippen molar-refractivity contribution in [2.24, 2.45) is 5.73 Å². The predicted octanol–water partition coefficient (Wildman–Crippen LogP) is 0.246. The molecule has 48 valence electrons. The Bertz CT molecular complexity index is 200. The molecule has 1 aromatic heterocycles. The largest absolute Gasteiger partial charge is 0.506 e. The first kappa shape index (κ1) is 6.04. The van der Waals surface area contributed by atoms with Gasteiger partial charge in [0.1, 0.15) is 5.75 Å². The van der Waals surface area contributed by atoms with Gasteiger partial charge in [-0.1, -0.05) is 0 Å². The van der Waals surface area contributed by atoms with Crippen molar-refractivity contribution in [3.63, 3.8) is 0 Å². The molecule has 0 bridgehead atoms. The van der Waals surface area contributed by atoms with Crippen LogP contribution in [0.4, 0.5) is 0 Å². The Kier molecular flexibility index (Phi) is 1.65. The summed E-state index contributed by atoms with van der Waals surface area (Å²) in [5, 5.41) is 8.83. The summed E-state index contributed by atoms with van der Waals surface area (Å²) in [5.41, 5.74) is 6.11. The first-order valence-electron chi connectivity index (χ1n) is 2.66. The number of aromatic nitrogens is 1. The van der Waals surface area contributed by atoms with Crippen molar-refractivity contribution in [2.75, 3.05) is 0 Å². The summed E-state index contributed by atoms with van der Waals surface area (Å²) >= 11 is 0. The molecule has 0 aliphatic heterocycles. The lowest BCUT2D eigenvalue weighted by molar-refractivity contribution is 0.472. The van der Waals surface area contributed by atoms with Gasteiger partial charge in [0.05, 0.1) is 6.20 Å². The highest BCUT2D eigenvalue weighted by Crippen LogP contribution is 2.06. The Morgan fingerprint density at radius 1 is 1.56 bits per heavy atom. The standard InChI is InChI=1S/C6H8N2O/c7-2-5-1-6(9)4-8-3-5/h1,3-4,9H,2,7H2. The molecule has 0 fully saturated rings. The second-order valence-electron chi connectivity index (χ2n) is 1.76. The molecule has 3 heteroatoms. The van der Waals surface area contributed by atoms with Crippen molar-refractivity contribution < 1.29 is 5.11 Å². The van der Waals surface area contributed by atoms with E-state index in [0.717, 1.165) is 5.56 Å². The third-order valence-electron chi connectivity index (χ3n) is 1.02. The molecule has 0 radical (unpaired) electrons. The summed E-state index contributed by atoms with van der Waals surface area (Å²) in [6.07, 6.45) is 3.00. The van der Waals surface area contributed by atoms with Crippen LogP contribution in [0.1, 0.15) is 5.56 Å². The van der Waals surface area contributed by atoms with Crippen molar-refractivity contribution >= 4 is 0 Å². The van der Waals surface area contributed by atoms with Gasteiger partial charge in [-0.2, -0.15) is 0 Å². The van der Waals surface area contributed by atoms with Gasteiger partial charge in [0.15, 0.2) is 0 Å². The summed E-state index contributed by atoms with van der Waals surface area (Å²) in [6.45, 7) is 0.418. The maximum atomic E-state index is 8.83. The minimum absolute atomic E-state index is 0.165. The molecule has 1 aromatic rings. The Labute approximate surface area is 53.2 Å². The Morgan fingerprint density at radius 3 is 2.78 bits per heavy atom. The molecule has 0 spiro atoms. The normalized spacial score (nSPS) is 9.44. The van der Waals surface area contributed by atoms with Crippen molar-refractivity contribution in [3.8, 4) is 5.75 Å². The van der Waals surface area contributed by atoms with E-state index in [-0.39, 0.29) is 5.75 Å². The fraction of sp³-hybridized carbons (Fsp3) is 0.167. The second-order valence-corrected chi connectivity index (χ2v) is 1.76. The SMILES string of the molecule is NCc1cncc(O)c1. The van der Waals surface area contributed by atoms with E-state index >= 15 is 0 Å². The molecule has 9 heavy (non-hydrogen) atoms. The van der Waals surface area contributed by atoms with Crippen LogP contribution in [0.5, 0.6) is 5.75 Å². The minimum atomic E-state index is 0.165. The highest BCUT2D eigenvalue weighted by Gasteiger charge is 1.89. The summed E-state index contributed by atoms with van der Waals surface area (Å²) in [5.74, 6) is 0.165. The monoisotopic (exact) mass is 124 g/mol. The molecule has 3 nitrogen and oxygen atoms in total. The molecule has 0 saturated carbocycles. The number of hydrogen-bond donors (Lipinski definition) is 2. The highest BCUT2D eigenvalue weighted by molar-refractivity contribution is 5.21. The second kappa shape index (κ2) is 2.46. The van der Waals surface area contributed by atoms with Crippen LogP contribution in [-0.4, -0.2) is 10.1 Å². The van der Waals surface area contributed by atoms with Gasteiger partial charge in [0, 0.05) is 12.7 Å². The van der Waals surface area contributed by atoms with Gasteiger partial charge < -0.3 is 10.8 Å². The maximum absolute atomic E-state index is 8.83. The third kappa shape index (κ3) is 1.40. The van der Waals surface area contributed by atoms with E-state index in [2.05, 4.69) is 4.98 Å². The molecular formula is C6H8N2O. The number of rotatable bonds is 1. The summed E-state index contributed by atoms with van der Waals surface area (Å²) in [6, 6.07) is 1.59. The fourth-order valence-electron chi connectivity index (χ4n) is 0.585. The predicted molar refractivity (Wildman–Crippen MR) is 33.8 cm³/mol. The number of aromatic hydroxyl groups is 1. The molecule has 3 N–H and O–H groups in total. The van der Waals surface area contributed by atoms with E-state index in [1.807, 2.05) is 0 Å². The van der Waals surface area contributed by atoms with Crippen LogP contribution in [0.25, 0.3) is 0 Å². The zero-order chi connectivity index (χ0) is 6.69. The molecule has 0 aromatic carbocycles. The number of nitrogens with zero attached hydrogens (tertiary/aromatic N) is 1. The van der Waals surface area contributed by atoms with E-state index in [1.165, 1.54) is 6.20 Å². The molecule has 1 rings (SSSR count). The Morgan fingerprint density at radius 2 is 2.33 bits per heavy atom. The van der Waals surface area contributed by atoms with Crippen LogP contribution in [0.2, 0.25) is 0 Å². The van der Waals surface area contributed by atoms with E-state index in [4.69, 9.17) is 10.8 Å². The quantitative estimate of drug-likeness (QED) is 0.564. The van der Waals surface area contributed by atoms with Crippen LogP contribution >= 0.6 is 0 Å². The van der Waals surface area contributed by atoms with Crippen molar-refractivity contribution in [1.82, 2.24) is 4.98 Å². The average molecular weight is 124 g/mol. The zero-order valence-electron chi connectivity index (χ0n) is 4.91. The molecule has 0 aliphatic rings. The van der Waals surface area contributed by atoms with E-state index in [1.54, 1.807) is 12.3 Å². The molecule has 0 saturated heterocycles. The zero-order valence-corrected chi connectivity index (χ0v) is 4.91. The van der Waals surface area contributed by atoms with Crippen LogP contribution in [0.3, 0.4) is 0 Å². The van der Waals surface area contributed by atoms with Crippen molar-refractivity contribution in [3.05, 3.63) is 24.0 Å². The van der Waals surface area contributed by atoms with Crippen molar-refractivity contribution in [1.29, 1.82) is 0 Å². The smallest absolute Gasteiger partial charge is 0.134 e. The molecule has 0 unspecified atom stereocenters. The average Bonchev–Trinajstić information content (AvgIpc) is 1.88. The summed E-state index contributed by atoms with van der Waals surface area (Å²) in [4.78, 5) is 3.73. The summed E-state index contributed by atoms with van der Waals surface area (Å²) in [7, 11) is 0. The molecule has 1 heterocycles. The fourth-order valence-corrected chi connectivity index (χ4v) is 0.585. The van der Waals surface area contributed by atoms with E-state index < -0.39 is 0 Å². The third-order valence-corrected chi connectivity index (χ3v) is 1.02. The number of pyridine rings is 1. The summed E-state index contributed by atoms with van der Waals surface area (Å²) < 4.78 is 0. The van der Waals surface area contributed by atoms with E-state index in [9.17, 15) is 0 Å². The van der Waals surface area contributed by atoms with Crippen LogP contribution in [0.15, 0.2) is 18.5 Å². The van der Waals surface area contributed by atoms with Gasteiger partial charge in [-0.05, 0) is 11.6 Å². The Balaban J connectivity index is 2.94. The topological polar surface area (TPSA) is 59.1 Å². The lowest BCUT2D eigenvalue weighted by Crippen LogP contribution is -1.95. The molecule has 0 aliphatic carbocycles. The Hall–Kier alpha value is -1.09. The first-order chi connectivity index (χ1) is 4.33. The lowest BCUT2D eigenvalue weighted by Gasteiger charge is -1.93. The molecule has 0 atom stereocenters. The minimum Gasteiger partial charge on any atom is -0.506 e. The number of hydrogen-bond acceptors (Lipinski definition) is 3. The van der Waals surface area contributed by atoms with Gasteiger partial charge in [0.25, 0.3) is 0 Å². The molecular weight excluding hydrogens is 116 g/mol. The number of nitrogens with two attached hydrogens (primary N) is 1. The van der Waals surface area contributed by atoms with Gasteiger partial charge in [-0.15, -0.1) is 0 Å². The van der Waals surface area contributed by atoms with Crippen LogP contribution < -0.4 is 5.73 Å². The van der Waals surface area contributed by atoms with Gasteiger partial charge >= 0.3 is 0 Å². The van der Waals surface area contributed by atoms with E-state index in [0.29, 0.717) is 6.54 Å². The lowest BCUT2D eigenvalue weighted by atomic mass is 10.3. The van der Waals surface area contributed by atoms with Gasteiger partial charge in [0.2, 0.25) is 0 Å². The van der Waals surface area contributed by atoms with Gasteiger partial charge in [-0.25, -0.2) is 0 Å². The van der Waals surface area contributed by atoms with Gasteiger partial charge in [-0.3, -0.25) is 4.98 Å². The van der Waals surface area contributed by atoms with Crippen LogP contribution in [0, 0.1) is 0 Å².